The zero-order chi connectivity index (χ0) is 23.6. The van der Waals surface area contributed by atoms with E-state index in [1.54, 1.807) is 6.92 Å². The Balaban J connectivity index is 2.11. The highest BCUT2D eigenvalue weighted by atomic mass is 35.5. The Labute approximate surface area is 203 Å². The van der Waals surface area contributed by atoms with E-state index in [9.17, 15) is 9.59 Å². The fourth-order valence-electron chi connectivity index (χ4n) is 3.38. The van der Waals surface area contributed by atoms with E-state index >= 15 is 0 Å². The van der Waals surface area contributed by atoms with Crippen molar-refractivity contribution >= 4 is 35.3 Å². The molecule has 1 aromatic rings. The lowest BCUT2D eigenvalue weighted by molar-refractivity contribution is 0.0526. The molecular formula is C25H38Cl2O5. The molecule has 0 fully saturated rings. The Kier molecular flexibility index (Phi) is 16.1. The first kappa shape index (κ1) is 28.6. The molecule has 0 unspecified atom stereocenters. The van der Waals surface area contributed by atoms with Gasteiger partial charge < -0.3 is 14.2 Å². The van der Waals surface area contributed by atoms with Crippen LogP contribution in [0, 0.1) is 0 Å². The SMILES string of the molecule is CCCCCCCCCCCCCCCOC(=O)Oc1c(Cl)cc(C(=O)OCC)cc1Cl. The van der Waals surface area contributed by atoms with E-state index < -0.39 is 12.1 Å². The van der Waals surface area contributed by atoms with Gasteiger partial charge in [0.2, 0.25) is 0 Å². The smallest absolute Gasteiger partial charge is 0.462 e. The Hall–Kier alpha value is -1.46. The van der Waals surface area contributed by atoms with Crippen molar-refractivity contribution in [3.05, 3.63) is 27.7 Å². The molecule has 0 radical (unpaired) electrons. The Morgan fingerprint density at radius 1 is 0.719 bits per heavy atom. The van der Waals surface area contributed by atoms with Crippen LogP contribution in [0.5, 0.6) is 5.75 Å². The summed E-state index contributed by atoms with van der Waals surface area (Å²) in [7, 11) is 0. The maximum atomic E-state index is 11.9. The molecule has 0 bridgehead atoms. The third-order valence-electron chi connectivity index (χ3n) is 5.16. The van der Waals surface area contributed by atoms with E-state index in [1.807, 2.05) is 0 Å². The molecule has 0 aliphatic heterocycles. The number of hydrogen-bond donors (Lipinski definition) is 0. The zero-order valence-corrected chi connectivity index (χ0v) is 21.1. The number of esters is 1. The number of benzene rings is 1. The summed E-state index contributed by atoms with van der Waals surface area (Å²) in [5, 5.41) is 0.0805. The minimum atomic E-state index is -0.864. The molecule has 1 aromatic carbocycles. The van der Waals surface area contributed by atoms with Crippen molar-refractivity contribution in [3.8, 4) is 5.75 Å². The monoisotopic (exact) mass is 488 g/mol. The van der Waals surface area contributed by atoms with Gasteiger partial charge in [-0.15, -0.1) is 0 Å². The molecule has 0 saturated carbocycles. The van der Waals surface area contributed by atoms with Gasteiger partial charge in [0.1, 0.15) is 0 Å². The first-order valence-electron chi connectivity index (χ1n) is 12.0. The van der Waals surface area contributed by atoms with Crippen LogP contribution in [0.25, 0.3) is 0 Å². The molecule has 0 spiro atoms. The minimum Gasteiger partial charge on any atom is -0.462 e. The number of hydrogen-bond acceptors (Lipinski definition) is 5. The molecule has 0 aliphatic carbocycles. The predicted octanol–water partition coefficient (Wildman–Crippen LogP) is 8.78. The summed E-state index contributed by atoms with van der Waals surface area (Å²) in [6.45, 7) is 4.47. The van der Waals surface area contributed by atoms with Crippen LogP contribution < -0.4 is 4.74 Å². The van der Waals surface area contributed by atoms with Gasteiger partial charge in [-0.05, 0) is 25.5 Å². The van der Waals surface area contributed by atoms with Gasteiger partial charge in [0, 0.05) is 0 Å². The number of ether oxygens (including phenoxy) is 3. The highest BCUT2D eigenvalue weighted by Gasteiger charge is 2.18. The van der Waals surface area contributed by atoms with E-state index in [0.29, 0.717) is 0 Å². The van der Waals surface area contributed by atoms with Gasteiger partial charge in [-0.1, -0.05) is 107 Å². The Bertz CT molecular complexity index is 655. The molecule has 0 heterocycles. The van der Waals surface area contributed by atoms with Crippen molar-refractivity contribution < 1.29 is 23.8 Å². The quantitative estimate of drug-likeness (QED) is 0.124. The lowest BCUT2D eigenvalue weighted by Gasteiger charge is -2.10. The lowest BCUT2D eigenvalue weighted by atomic mass is 10.0. The van der Waals surface area contributed by atoms with Crippen LogP contribution in [0.2, 0.25) is 10.0 Å². The van der Waals surface area contributed by atoms with Crippen LogP contribution in [-0.2, 0) is 9.47 Å². The largest absolute Gasteiger partial charge is 0.513 e. The van der Waals surface area contributed by atoms with Crippen LogP contribution in [0.3, 0.4) is 0 Å². The summed E-state index contributed by atoms with van der Waals surface area (Å²) in [5.41, 5.74) is 0.189. The molecular weight excluding hydrogens is 451 g/mol. The van der Waals surface area contributed by atoms with E-state index in [0.717, 1.165) is 19.3 Å². The number of carbonyl (C=O) groups is 2. The third kappa shape index (κ3) is 12.5. The number of halogens is 2. The highest BCUT2D eigenvalue weighted by molar-refractivity contribution is 6.37. The van der Waals surface area contributed by atoms with E-state index in [-0.39, 0.29) is 34.6 Å². The second-order valence-corrected chi connectivity index (χ2v) is 8.75. The van der Waals surface area contributed by atoms with Gasteiger partial charge in [0.05, 0.1) is 28.8 Å². The molecule has 0 aliphatic rings. The average molecular weight is 489 g/mol. The van der Waals surface area contributed by atoms with Gasteiger partial charge in [-0.3, -0.25) is 0 Å². The van der Waals surface area contributed by atoms with Crippen molar-refractivity contribution in [3.63, 3.8) is 0 Å². The normalized spacial score (nSPS) is 10.8. The molecule has 0 atom stereocenters. The number of unbranched alkanes of at least 4 members (excludes halogenated alkanes) is 12. The molecule has 0 amide bonds. The van der Waals surface area contributed by atoms with E-state index in [4.69, 9.17) is 37.4 Å². The summed E-state index contributed by atoms with van der Waals surface area (Å²) in [6, 6.07) is 2.70. The lowest BCUT2D eigenvalue weighted by Crippen LogP contribution is -2.12. The fourth-order valence-corrected chi connectivity index (χ4v) is 3.94. The maximum absolute atomic E-state index is 11.9. The van der Waals surface area contributed by atoms with Crippen molar-refractivity contribution in [1.29, 1.82) is 0 Å². The van der Waals surface area contributed by atoms with Gasteiger partial charge in [-0.2, -0.15) is 0 Å². The zero-order valence-electron chi connectivity index (χ0n) is 19.6. The summed E-state index contributed by atoms with van der Waals surface area (Å²) in [5.74, 6) is -0.579. The fraction of sp³-hybridized carbons (Fsp3) is 0.680. The van der Waals surface area contributed by atoms with Gasteiger partial charge in [0.15, 0.2) is 5.75 Å². The third-order valence-corrected chi connectivity index (χ3v) is 5.72. The Morgan fingerprint density at radius 3 is 1.66 bits per heavy atom. The number of rotatable bonds is 17. The second kappa shape index (κ2) is 18.0. The van der Waals surface area contributed by atoms with Crippen LogP contribution in [0.4, 0.5) is 4.79 Å². The molecule has 0 aromatic heterocycles. The van der Waals surface area contributed by atoms with Crippen LogP contribution >= 0.6 is 23.2 Å². The summed E-state index contributed by atoms with van der Waals surface area (Å²) in [6.07, 6.45) is 15.4. The van der Waals surface area contributed by atoms with Crippen molar-refractivity contribution in [2.45, 2.75) is 97.3 Å². The van der Waals surface area contributed by atoms with E-state index in [1.165, 1.54) is 76.3 Å². The van der Waals surface area contributed by atoms with Crippen LogP contribution in [-0.4, -0.2) is 25.3 Å². The molecule has 182 valence electrons. The van der Waals surface area contributed by atoms with Gasteiger partial charge >= 0.3 is 12.1 Å². The van der Waals surface area contributed by atoms with E-state index in [2.05, 4.69) is 6.92 Å². The van der Waals surface area contributed by atoms with Crippen molar-refractivity contribution in [2.24, 2.45) is 0 Å². The molecule has 32 heavy (non-hydrogen) atoms. The molecule has 5 nitrogen and oxygen atoms in total. The van der Waals surface area contributed by atoms with Crippen LogP contribution in [0.1, 0.15) is 108 Å². The average Bonchev–Trinajstić information content (AvgIpc) is 2.76. The standard InChI is InChI=1S/C25H38Cl2O5/c1-3-5-6-7-8-9-10-11-12-13-14-15-16-17-31-25(29)32-23-21(26)18-20(19-22(23)27)24(28)30-4-2/h18-19H,3-17H2,1-2H3. The second-order valence-electron chi connectivity index (χ2n) is 7.93. The summed E-state index contributed by atoms with van der Waals surface area (Å²) < 4.78 is 15.1. The predicted molar refractivity (Wildman–Crippen MR) is 130 cm³/mol. The first-order chi connectivity index (χ1) is 15.5. The van der Waals surface area contributed by atoms with Crippen LogP contribution in [0.15, 0.2) is 12.1 Å². The van der Waals surface area contributed by atoms with Crippen molar-refractivity contribution in [1.82, 2.24) is 0 Å². The molecule has 0 N–H and O–H groups in total. The molecule has 7 heteroatoms. The van der Waals surface area contributed by atoms with Gasteiger partial charge in [0.25, 0.3) is 0 Å². The topological polar surface area (TPSA) is 61.8 Å². The van der Waals surface area contributed by atoms with Crippen molar-refractivity contribution in [2.75, 3.05) is 13.2 Å². The highest BCUT2D eigenvalue weighted by Crippen LogP contribution is 2.34. The first-order valence-corrected chi connectivity index (χ1v) is 12.8. The molecule has 0 saturated heterocycles. The maximum Gasteiger partial charge on any atom is 0.513 e. The summed E-state index contributed by atoms with van der Waals surface area (Å²) in [4.78, 5) is 23.7. The molecule has 1 rings (SSSR count). The van der Waals surface area contributed by atoms with Gasteiger partial charge in [-0.25, -0.2) is 9.59 Å². The summed E-state index contributed by atoms with van der Waals surface area (Å²) >= 11 is 12.2. The number of carbonyl (C=O) groups excluding carboxylic acids is 2. The Morgan fingerprint density at radius 2 is 1.19 bits per heavy atom. The minimum absolute atomic E-state index is 0.0308.